The maximum absolute atomic E-state index is 12.4. The van der Waals surface area contributed by atoms with Gasteiger partial charge >= 0.3 is 0 Å². The van der Waals surface area contributed by atoms with Gasteiger partial charge in [0.05, 0.1) is 0 Å². The molecular formula is C20H21N3O2S. The molecule has 1 N–H and O–H groups in total. The van der Waals surface area contributed by atoms with E-state index in [1.54, 1.807) is 6.92 Å². The van der Waals surface area contributed by atoms with Crippen molar-refractivity contribution < 1.29 is 9.53 Å². The number of carbonyl (C=O) groups is 1. The smallest absolute Gasteiger partial charge is 0.266 e. The second-order valence-corrected chi connectivity index (χ2v) is 6.99. The number of nitrogens with zero attached hydrogens (tertiary/aromatic N) is 2. The Bertz CT molecular complexity index is 919. The van der Waals surface area contributed by atoms with Crippen molar-refractivity contribution >= 4 is 22.6 Å². The Kier molecular flexibility index (Phi) is 5.32. The minimum absolute atomic E-state index is 0.252. The number of hydrogen-bond acceptors (Lipinski definition) is 5. The first-order valence-electron chi connectivity index (χ1n) is 8.38. The van der Waals surface area contributed by atoms with E-state index < -0.39 is 6.10 Å². The molecule has 0 saturated heterocycles. The van der Waals surface area contributed by atoms with Gasteiger partial charge in [0.1, 0.15) is 5.75 Å². The molecule has 1 aromatic heterocycles. The second kappa shape index (κ2) is 7.66. The normalized spacial score (nSPS) is 11.8. The minimum Gasteiger partial charge on any atom is -0.481 e. The van der Waals surface area contributed by atoms with E-state index >= 15 is 0 Å². The van der Waals surface area contributed by atoms with Crippen molar-refractivity contribution in [3.8, 4) is 17.1 Å². The van der Waals surface area contributed by atoms with Crippen LogP contribution in [0, 0.1) is 20.8 Å². The highest BCUT2D eigenvalue weighted by molar-refractivity contribution is 7.10. The van der Waals surface area contributed by atoms with Crippen LogP contribution in [0.1, 0.15) is 23.6 Å². The molecule has 2 aromatic carbocycles. The number of ether oxygens (including phenoxy) is 1. The molecule has 3 aromatic rings. The third-order valence-electron chi connectivity index (χ3n) is 4.19. The zero-order chi connectivity index (χ0) is 18.7. The topological polar surface area (TPSA) is 64.1 Å². The molecule has 5 nitrogen and oxygen atoms in total. The zero-order valence-corrected chi connectivity index (χ0v) is 16.1. The number of hydrogen-bond donors (Lipinski definition) is 1. The monoisotopic (exact) mass is 367 g/mol. The summed E-state index contributed by atoms with van der Waals surface area (Å²) in [6.07, 6.45) is -0.637. The van der Waals surface area contributed by atoms with E-state index in [-0.39, 0.29) is 5.91 Å². The molecule has 0 aliphatic heterocycles. The van der Waals surface area contributed by atoms with Crippen molar-refractivity contribution in [1.82, 2.24) is 9.36 Å². The summed E-state index contributed by atoms with van der Waals surface area (Å²) in [6, 6.07) is 13.8. The van der Waals surface area contributed by atoms with Gasteiger partial charge in [-0.05, 0) is 44.9 Å². The maximum Gasteiger partial charge on any atom is 0.266 e. The molecule has 0 spiro atoms. The van der Waals surface area contributed by atoms with Crippen LogP contribution in [0.4, 0.5) is 5.13 Å². The lowest BCUT2D eigenvalue weighted by atomic mass is 10.1. The van der Waals surface area contributed by atoms with Crippen molar-refractivity contribution in [3.05, 3.63) is 59.2 Å². The first-order chi connectivity index (χ1) is 12.4. The Labute approximate surface area is 157 Å². The highest BCUT2D eigenvalue weighted by atomic mass is 32.1. The van der Waals surface area contributed by atoms with Crippen molar-refractivity contribution in [2.75, 3.05) is 5.32 Å². The van der Waals surface area contributed by atoms with Crippen LogP contribution in [0.25, 0.3) is 11.4 Å². The molecule has 0 aliphatic carbocycles. The molecule has 1 amide bonds. The average molecular weight is 367 g/mol. The third-order valence-corrected chi connectivity index (χ3v) is 4.82. The van der Waals surface area contributed by atoms with Crippen molar-refractivity contribution in [3.63, 3.8) is 0 Å². The molecule has 0 aliphatic rings. The van der Waals surface area contributed by atoms with Crippen LogP contribution in [0.5, 0.6) is 5.75 Å². The number of nitrogens with one attached hydrogen (secondary N) is 1. The van der Waals surface area contributed by atoms with Crippen LogP contribution in [0.2, 0.25) is 0 Å². The van der Waals surface area contributed by atoms with Gasteiger partial charge in [-0.1, -0.05) is 42.0 Å². The van der Waals surface area contributed by atoms with Crippen LogP contribution in [0.15, 0.2) is 42.5 Å². The van der Waals surface area contributed by atoms with E-state index in [4.69, 9.17) is 4.74 Å². The quantitative estimate of drug-likeness (QED) is 0.719. The molecule has 3 rings (SSSR count). The molecule has 134 valence electrons. The molecule has 6 heteroatoms. The van der Waals surface area contributed by atoms with Gasteiger partial charge in [0.15, 0.2) is 11.9 Å². The highest BCUT2D eigenvalue weighted by Gasteiger charge is 2.18. The molecular weight excluding hydrogens is 346 g/mol. The van der Waals surface area contributed by atoms with E-state index in [1.807, 2.05) is 63.2 Å². The van der Waals surface area contributed by atoms with Crippen LogP contribution < -0.4 is 10.1 Å². The maximum atomic E-state index is 12.4. The number of aryl methyl sites for hydroxylation is 2. The number of carbonyl (C=O) groups excluding carboxylic acids is 1. The lowest BCUT2D eigenvalue weighted by Gasteiger charge is -2.16. The van der Waals surface area contributed by atoms with E-state index in [0.29, 0.717) is 16.7 Å². The highest BCUT2D eigenvalue weighted by Crippen LogP contribution is 2.23. The zero-order valence-electron chi connectivity index (χ0n) is 15.2. The number of aromatic nitrogens is 2. The third kappa shape index (κ3) is 4.08. The Balaban J connectivity index is 1.66. The number of amides is 1. The molecule has 0 bridgehead atoms. The Morgan fingerprint density at radius 3 is 2.58 bits per heavy atom. The fourth-order valence-electron chi connectivity index (χ4n) is 2.40. The fraction of sp³-hybridized carbons (Fsp3) is 0.250. The van der Waals surface area contributed by atoms with Gasteiger partial charge in [0.2, 0.25) is 5.13 Å². The van der Waals surface area contributed by atoms with Crippen molar-refractivity contribution in [2.24, 2.45) is 0 Å². The van der Waals surface area contributed by atoms with Crippen LogP contribution in [-0.2, 0) is 4.79 Å². The van der Waals surface area contributed by atoms with Gasteiger partial charge in [-0.3, -0.25) is 10.1 Å². The summed E-state index contributed by atoms with van der Waals surface area (Å²) in [4.78, 5) is 16.8. The molecule has 1 atom stereocenters. The standard InChI is InChI=1S/C20H21N3O2S/c1-12-8-10-16(11-9-12)18-21-20(26-23-18)22-19(24)15(4)25-17-7-5-6-13(2)14(17)3/h5-11,15H,1-4H3,(H,21,22,23,24)/t15-/m1/s1. The SMILES string of the molecule is Cc1ccc(-c2nsc(NC(=O)[C@@H](C)Oc3cccc(C)c3C)n2)cc1. The van der Waals surface area contributed by atoms with Gasteiger partial charge in [-0.25, -0.2) is 0 Å². The van der Waals surface area contributed by atoms with Crippen LogP contribution in [0.3, 0.4) is 0 Å². The molecule has 26 heavy (non-hydrogen) atoms. The molecule has 0 unspecified atom stereocenters. The van der Waals surface area contributed by atoms with Crippen LogP contribution >= 0.6 is 11.5 Å². The Morgan fingerprint density at radius 1 is 1.12 bits per heavy atom. The number of rotatable bonds is 5. The largest absolute Gasteiger partial charge is 0.481 e. The lowest BCUT2D eigenvalue weighted by molar-refractivity contribution is -0.122. The summed E-state index contributed by atoms with van der Waals surface area (Å²) < 4.78 is 10.1. The first-order valence-corrected chi connectivity index (χ1v) is 9.16. The molecule has 0 radical (unpaired) electrons. The minimum atomic E-state index is -0.637. The predicted octanol–water partition coefficient (Wildman–Crippen LogP) is 4.54. The van der Waals surface area contributed by atoms with Gasteiger partial charge < -0.3 is 4.74 Å². The predicted molar refractivity (Wildman–Crippen MR) is 105 cm³/mol. The van der Waals surface area contributed by atoms with E-state index in [2.05, 4.69) is 14.7 Å². The van der Waals surface area contributed by atoms with Gasteiger partial charge in [-0.2, -0.15) is 9.36 Å². The summed E-state index contributed by atoms with van der Waals surface area (Å²) in [5, 5.41) is 3.24. The summed E-state index contributed by atoms with van der Waals surface area (Å²) in [7, 11) is 0. The molecule has 1 heterocycles. The van der Waals surface area contributed by atoms with Crippen LogP contribution in [-0.4, -0.2) is 21.4 Å². The summed E-state index contributed by atoms with van der Waals surface area (Å²) in [5.41, 5.74) is 4.26. The summed E-state index contributed by atoms with van der Waals surface area (Å²) >= 11 is 1.16. The van der Waals surface area contributed by atoms with Gasteiger partial charge in [0, 0.05) is 17.1 Å². The summed E-state index contributed by atoms with van der Waals surface area (Å²) in [6.45, 7) is 7.74. The summed E-state index contributed by atoms with van der Waals surface area (Å²) in [5.74, 6) is 1.07. The van der Waals surface area contributed by atoms with E-state index in [0.717, 1.165) is 28.2 Å². The molecule has 0 saturated carbocycles. The lowest BCUT2D eigenvalue weighted by Crippen LogP contribution is -2.30. The van der Waals surface area contributed by atoms with Crippen molar-refractivity contribution in [2.45, 2.75) is 33.8 Å². The number of anilines is 1. The Morgan fingerprint density at radius 2 is 1.85 bits per heavy atom. The Hall–Kier alpha value is -2.73. The molecule has 0 fully saturated rings. The van der Waals surface area contributed by atoms with E-state index in [9.17, 15) is 4.79 Å². The van der Waals surface area contributed by atoms with E-state index in [1.165, 1.54) is 5.56 Å². The van der Waals surface area contributed by atoms with Gasteiger partial charge in [0.25, 0.3) is 5.91 Å². The average Bonchev–Trinajstić information content (AvgIpc) is 3.08. The second-order valence-electron chi connectivity index (χ2n) is 6.24. The number of benzene rings is 2. The van der Waals surface area contributed by atoms with Crippen molar-refractivity contribution in [1.29, 1.82) is 0 Å². The van der Waals surface area contributed by atoms with Gasteiger partial charge in [-0.15, -0.1) is 0 Å². The fourth-order valence-corrected chi connectivity index (χ4v) is 2.99. The first kappa shape index (κ1) is 18.1.